The van der Waals surface area contributed by atoms with Crippen molar-refractivity contribution in [2.24, 2.45) is 0 Å². The third kappa shape index (κ3) is 3.76. The normalized spacial score (nSPS) is 14.7. The summed E-state index contributed by atoms with van der Waals surface area (Å²) in [5.74, 6) is -0.00944. The van der Waals surface area contributed by atoms with Gasteiger partial charge in [-0.3, -0.25) is 9.69 Å². The zero-order chi connectivity index (χ0) is 18.8. The Morgan fingerprint density at radius 3 is 2.67 bits per heavy atom. The van der Waals surface area contributed by atoms with Crippen molar-refractivity contribution in [2.45, 2.75) is 39.7 Å². The number of amides is 1. The topological polar surface area (TPSA) is 45.5 Å². The first-order valence-electron chi connectivity index (χ1n) is 9.68. The number of nitrogens with zero attached hydrogens (tertiary/aromatic N) is 1. The second-order valence-corrected chi connectivity index (χ2v) is 7.51. The van der Waals surface area contributed by atoms with E-state index in [1.54, 1.807) is 6.26 Å². The van der Waals surface area contributed by atoms with E-state index in [2.05, 4.69) is 36.2 Å². The SMILES string of the molecule is Cc1ccc2c(CC(=O)Nc3ccccc3CN3CCCC3)coc2c1C. The Bertz CT molecular complexity index is 968. The summed E-state index contributed by atoms with van der Waals surface area (Å²) >= 11 is 0. The number of anilines is 1. The van der Waals surface area contributed by atoms with Crippen LogP contribution in [0.3, 0.4) is 0 Å². The monoisotopic (exact) mass is 362 g/mol. The fraction of sp³-hybridized carbons (Fsp3) is 0.348. The summed E-state index contributed by atoms with van der Waals surface area (Å²) in [5, 5.41) is 4.13. The molecule has 3 aromatic rings. The lowest BCUT2D eigenvalue weighted by Crippen LogP contribution is -2.21. The molecule has 1 aliphatic heterocycles. The number of carbonyl (C=O) groups is 1. The Morgan fingerprint density at radius 1 is 1.07 bits per heavy atom. The van der Waals surface area contributed by atoms with Crippen molar-refractivity contribution < 1.29 is 9.21 Å². The number of hydrogen-bond donors (Lipinski definition) is 1. The van der Waals surface area contributed by atoms with E-state index < -0.39 is 0 Å². The van der Waals surface area contributed by atoms with Crippen molar-refractivity contribution in [1.29, 1.82) is 0 Å². The lowest BCUT2D eigenvalue weighted by atomic mass is 10.0. The number of hydrogen-bond acceptors (Lipinski definition) is 3. The maximum atomic E-state index is 12.7. The van der Waals surface area contributed by atoms with E-state index in [9.17, 15) is 4.79 Å². The van der Waals surface area contributed by atoms with E-state index in [4.69, 9.17) is 4.42 Å². The summed E-state index contributed by atoms with van der Waals surface area (Å²) in [6, 6.07) is 12.2. The smallest absolute Gasteiger partial charge is 0.228 e. The fourth-order valence-electron chi connectivity index (χ4n) is 3.85. The highest BCUT2D eigenvalue weighted by Gasteiger charge is 2.16. The zero-order valence-corrected chi connectivity index (χ0v) is 16.0. The summed E-state index contributed by atoms with van der Waals surface area (Å²) < 4.78 is 5.74. The molecule has 1 saturated heterocycles. The van der Waals surface area contributed by atoms with Crippen LogP contribution in [-0.4, -0.2) is 23.9 Å². The number of benzene rings is 2. The van der Waals surface area contributed by atoms with Crippen LogP contribution < -0.4 is 5.32 Å². The highest BCUT2D eigenvalue weighted by molar-refractivity contribution is 5.96. The van der Waals surface area contributed by atoms with Crippen molar-refractivity contribution in [1.82, 2.24) is 4.90 Å². The van der Waals surface area contributed by atoms with Gasteiger partial charge in [0.25, 0.3) is 0 Å². The molecule has 0 saturated carbocycles. The van der Waals surface area contributed by atoms with E-state index in [0.717, 1.165) is 47.4 Å². The maximum Gasteiger partial charge on any atom is 0.228 e. The van der Waals surface area contributed by atoms with Gasteiger partial charge in [0.2, 0.25) is 5.91 Å². The number of aryl methyl sites for hydroxylation is 2. The van der Waals surface area contributed by atoms with Crippen molar-refractivity contribution in [2.75, 3.05) is 18.4 Å². The van der Waals surface area contributed by atoms with Gasteiger partial charge in [-0.2, -0.15) is 0 Å². The molecular formula is C23H26N2O2. The van der Waals surface area contributed by atoms with Gasteiger partial charge in [-0.1, -0.05) is 30.3 Å². The number of fused-ring (bicyclic) bond motifs is 1. The number of likely N-dealkylation sites (tertiary alicyclic amines) is 1. The van der Waals surface area contributed by atoms with Crippen LogP contribution in [0, 0.1) is 13.8 Å². The molecule has 27 heavy (non-hydrogen) atoms. The molecule has 0 radical (unpaired) electrons. The fourth-order valence-corrected chi connectivity index (χ4v) is 3.85. The van der Waals surface area contributed by atoms with Gasteiger partial charge in [0.1, 0.15) is 5.58 Å². The minimum atomic E-state index is -0.00944. The summed E-state index contributed by atoms with van der Waals surface area (Å²) in [4.78, 5) is 15.1. The van der Waals surface area contributed by atoms with Crippen LogP contribution >= 0.6 is 0 Å². The summed E-state index contributed by atoms with van der Waals surface area (Å²) in [6.45, 7) is 7.30. The van der Waals surface area contributed by atoms with Gasteiger partial charge in [-0.25, -0.2) is 0 Å². The molecule has 1 amide bonds. The van der Waals surface area contributed by atoms with Crippen molar-refractivity contribution in [3.8, 4) is 0 Å². The average molecular weight is 362 g/mol. The van der Waals surface area contributed by atoms with E-state index in [1.807, 2.05) is 24.3 Å². The van der Waals surface area contributed by atoms with Gasteiger partial charge >= 0.3 is 0 Å². The summed E-state index contributed by atoms with van der Waals surface area (Å²) in [7, 11) is 0. The number of furan rings is 1. The standard InChI is InChI=1S/C23H26N2O2/c1-16-9-10-20-19(15-27-23(20)17(16)2)13-22(26)24-21-8-4-3-7-18(21)14-25-11-5-6-12-25/h3-4,7-10,15H,5-6,11-14H2,1-2H3,(H,24,26). The van der Waals surface area contributed by atoms with Crippen molar-refractivity contribution >= 4 is 22.6 Å². The van der Waals surface area contributed by atoms with Gasteiger partial charge in [-0.05, 0) is 62.5 Å². The Balaban J connectivity index is 1.49. The van der Waals surface area contributed by atoms with Crippen LogP contribution in [0.5, 0.6) is 0 Å². The van der Waals surface area contributed by atoms with Gasteiger partial charge < -0.3 is 9.73 Å². The molecule has 1 aromatic heterocycles. The zero-order valence-electron chi connectivity index (χ0n) is 16.0. The minimum Gasteiger partial charge on any atom is -0.464 e. The minimum absolute atomic E-state index is 0.00944. The van der Waals surface area contributed by atoms with Crippen LogP contribution in [-0.2, 0) is 17.8 Å². The molecule has 0 spiro atoms. The van der Waals surface area contributed by atoms with Gasteiger partial charge in [-0.15, -0.1) is 0 Å². The number of nitrogens with one attached hydrogen (secondary N) is 1. The molecular weight excluding hydrogens is 336 g/mol. The van der Waals surface area contributed by atoms with Gasteiger partial charge in [0, 0.05) is 23.2 Å². The van der Waals surface area contributed by atoms with Crippen LogP contribution in [0.15, 0.2) is 47.1 Å². The molecule has 0 atom stereocenters. The van der Waals surface area contributed by atoms with Crippen LogP contribution in [0.25, 0.3) is 11.0 Å². The first kappa shape index (κ1) is 17.8. The Hall–Kier alpha value is -2.59. The van der Waals surface area contributed by atoms with Gasteiger partial charge in [0.05, 0.1) is 12.7 Å². The lowest BCUT2D eigenvalue weighted by molar-refractivity contribution is -0.115. The quantitative estimate of drug-likeness (QED) is 0.707. The lowest BCUT2D eigenvalue weighted by Gasteiger charge is -2.17. The van der Waals surface area contributed by atoms with Crippen molar-refractivity contribution in [3.05, 3.63) is 64.9 Å². The molecule has 0 bridgehead atoms. The van der Waals surface area contributed by atoms with Crippen LogP contribution in [0.1, 0.15) is 35.1 Å². The molecule has 1 N–H and O–H groups in total. The molecule has 4 nitrogen and oxygen atoms in total. The molecule has 2 aromatic carbocycles. The van der Waals surface area contributed by atoms with Gasteiger partial charge in [0.15, 0.2) is 0 Å². The van der Waals surface area contributed by atoms with E-state index in [-0.39, 0.29) is 5.91 Å². The molecule has 4 rings (SSSR count). The summed E-state index contributed by atoms with van der Waals surface area (Å²) in [6.07, 6.45) is 4.56. The largest absolute Gasteiger partial charge is 0.464 e. The van der Waals surface area contributed by atoms with Crippen LogP contribution in [0.2, 0.25) is 0 Å². The van der Waals surface area contributed by atoms with E-state index >= 15 is 0 Å². The Kier molecular flexibility index (Phi) is 4.99. The first-order chi connectivity index (χ1) is 13.1. The second-order valence-electron chi connectivity index (χ2n) is 7.51. The highest BCUT2D eigenvalue weighted by atomic mass is 16.3. The first-order valence-corrected chi connectivity index (χ1v) is 9.68. The number of para-hydroxylation sites is 1. The molecule has 140 valence electrons. The Morgan fingerprint density at radius 2 is 1.85 bits per heavy atom. The van der Waals surface area contributed by atoms with E-state index in [0.29, 0.717) is 6.42 Å². The molecule has 0 unspecified atom stereocenters. The Labute approximate surface area is 160 Å². The third-order valence-corrected chi connectivity index (χ3v) is 5.58. The molecule has 4 heteroatoms. The second kappa shape index (κ2) is 7.57. The maximum absolute atomic E-state index is 12.7. The van der Waals surface area contributed by atoms with Crippen LogP contribution in [0.4, 0.5) is 5.69 Å². The molecule has 0 aliphatic carbocycles. The number of carbonyl (C=O) groups excluding carboxylic acids is 1. The molecule has 1 fully saturated rings. The predicted octanol–water partition coefficient (Wildman–Crippen LogP) is 4.83. The third-order valence-electron chi connectivity index (χ3n) is 5.58. The number of rotatable bonds is 5. The summed E-state index contributed by atoms with van der Waals surface area (Å²) in [5.41, 5.74) is 6.24. The molecule has 1 aliphatic rings. The predicted molar refractivity (Wildman–Crippen MR) is 109 cm³/mol. The highest BCUT2D eigenvalue weighted by Crippen LogP contribution is 2.27. The van der Waals surface area contributed by atoms with Crippen molar-refractivity contribution in [3.63, 3.8) is 0 Å². The average Bonchev–Trinajstić information content (AvgIpc) is 3.30. The van der Waals surface area contributed by atoms with E-state index in [1.165, 1.54) is 24.0 Å². The molecule has 2 heterocycles.